The minimum Gasteiger partial charge on any atom is -1.00 e. The Morgan fingerprint density at radius 2 is 2.12 bits per heavy atom. The Labute approximate surface area is 96.3 Å². The normalized spacial score (nSPS) is 15.8. The number of carbonyl (C=O) groups excluding carboxylic acids is 1. The summed E-state index contributed by atoms with van der Waals surface area (Å²) in [5, 5.41) is 2.68. The van der Waals surface area contributed by atoms with Gasteiger partial charge in [-0.25, -0.2) is 0 Å². The molecule has 1 saturated heterocycles. The van der Waals surface area contributed by atoms with Gasteiger partial charge in [-0.1, -0.05) is 0 Å². The van der Waals surface area contributed by atoms with Gasteiger partial charge >= 0.3 is 59.1 Å². The molecule has 1 aliphatic rings. The van der Waals surface area contributed by atoms with Crippen molar-refractivity contribution >= 4 is 5.91 Å². The first kappa shape index (κ1) is 12.2. The van der Waals surface area contributed by atoms with Gasteiger partial charge in [0.15, 0.2) is 0 Å². The molecule has 1 N–H and O–H groups in total. The maximum absolute atomic E-state index is 10.1. The fourth-order valence-electron chi connectivity index (χ4n) is 0.565. The van der Waals surface area contributed by atoms with E-state index in [1.165, 1.54) is 0 Å². The molecular formula is C4H9NNa2O. The average molecular weight is 133 g/mol. The van der Waals surface area contributed by atoms with Crippen molar-refractivity contribution < 1.29 is 66.8 Å². The molecule has 4 heteroatoms. The van der Waals surface area contributed by atoms with Gasteiger partial charge in [-0.15, -0.1) is 0 Å². The molecule has 0 aromatic heterocycles. The average Bonchev–Trinajstić information content (AvgIpc) is 1.86. The molecule has 0 bridgehead atoms. The Kier molecular flexibility index (Phi) is 10.0. The molecular weight excluding hydrogens is 124 g/mol. The molecule has 0 atom stereocenters. The predicted molar refractivity (Wildman–Crippen MR) is 24.5 cm³/mol. The van der Waals surface area contributed by atoms with Gasteiger partial charge in [0, 0.05) is 13.0 Å². The third-order valence-electron chi connectivity index (χ3n) is 0.903. The molecule has 0 saturated carbocycles. The van der Waals surface area contributed by atoms with Crippen molar-refractivity contribution in [3.8, 4) is 0 Å². The van der Waals surface area contributed by atoms with Gasteiger partial charge < -0.3 is 8.17 Å². The van der Waals surface area contributed by atoms with Crippen LogP contribution in [-0.2, 0) is 4.79 Å². The van der Waals surface area contributed by atoms with Crippen molar-refractivity contribution in [1.82, 2.24) is 5.32 Å². The van der Waals surface area contributed by atoms with Crippen LogP contribution in [0.25, 0.3) is 0 Å². The molecule has 0 unspecified atom stereocenters. The number of nitrogens with one attached hydrogen (secondary N) is 1. The Balaban J connectivity index is -0.0000000450. The molecule has 1 rings (SSSR count). The van der Waals surface area contributed by atoms with Gasteiger partial charge in [-0.3, -0.25) is 4.79 Å². The Bertz CT molecular complexity index is 75.7. The standard InChI is InChI=1S/C4H7NO.2Na.2H/c6-4-2-1-3-5-4;;;;/h1-3H2,(H,5,6);;;;/q;2*+1;2*-1. The molecule has 38 valence electrons. The van der Waals surface area contributed by atoms with Gasteiger partial charge in [-0.2, -0.15) is 0 Å². The van der Waals surface area contributed by atoms with Crippen molar-refractivity contribution in [3.63, 3.8) is 0 Å². The number of hydrogen-bond acceptors (Lipinski definition) is 1. The van der Waals surface area contributed by atoms with Crippen molar-refractivity contribution in [2.75, 3.05) is 6.54 Å². The van der Waals surface area contributed by atoms with Crippen LogP contribution in [-0.4, -0.2) is 12.5 Å². The fraction of sp³-hybridized carbons (Fsp3) is 0.750. The van der Waals surface area contributed by atoms with Gasteiger partial charge in [0.2, 0.25) is 5.91 Å². The second kappa shape index (κ2) is 6.59. The summed E-state index contributed by atoms with van der Waals surface area (Å²) in [5.74, 6) is 0.204. The van der Waals surface area contributed by atoms with E-state index in [0.29, 0.717) is 0 Å². The molecule has 1 heterocycles. The Morgan fingerprint density at radius 1 is 1.50 bits per heavy atom. The summed E-state index contributed by atoms with van der Waals surface area (Å²) < 4.78 is 0. The SMILES string of the molecule is O=C1CCCN1.[H-].[H-].[Na+].[Na+]. The van der Waals surface area contributed by atoms with Gasteiger partial charge in [-0.05, 0) is 6.42 Å². The third-order valence-corrected chi connectivity index (χ3v) is 0.903. The van der Waals surface area contributed by atoms with Crippen molar-refractivity contribution in [2.45, 2.75) is 12.8 Å². The van der Waals surface area contributed by atoms with Crippen molar-refractivity contribution in [3.05, 3.63) is 0 Å². The summed E-state index contributed by atoms with van der Waals surface area (Å²) in [5.41, 5.74) is 0. The van der Waals surface area contributed by atoms with Crippen molar-refractivity contribution in [2.24, 2.45) is 0 Å². The number of rotatable bonds is 0. The van der Waals surface area contributed by atoms with E-state index in [2.05, 4.69) is 5.32 Å². The number of carbonyl (C=O) groups is 1. The summed E-state index contributed by atoms with van der Waals surface area (Å²) >= 11 is 0. The summed E-state index contributed by atoms with van der Waals surface area (Å²) in [4.78, 5) is 10.1. The van der Waals surface area contributed by atoms with E-state index in [4.69, 9.17) is 0 Å². The molecule has 2 nitrogen and oxygen atoms in total. The van der Waals surface area contributed by atoms with Gasteiger partial charge in [0.25, 0.3) is 0 Å². The number of amides is 1. The molecule has 1 aliphatic heterocycles. The summed E-state index contributed by atoms with van der Waals surface area (Å²) in [6, 6.07) is 0. The first-order chi connectivity index (χ1) is 2.89. The molecule has 0 aromatic carbocycles. The molecule has 0 radical (unpaired) electrons. The van der Waals surface area contributed by atoms with E-state index in [1.54, 1.807) is 0 Å². The van der Waals surface area contributed by atoms with Gasteiger partial charge in [0.1, 0.15) is 0 Å². The second-order valence-corrected chi connectivity index (χ2v) is 1.45. The van der Waals surface area contributed by atoms with E-state index < -0.39 is 0 Å². The zero-order valence-corrected chi connectivity index (χ0v) is 9.53. The smallest absolute Gasteiger partial charge is 1.00 e. The Hall–Kier alpha value is 1.47. The van der Waals surface area contributed by atoms with Crippen LogP contribution < -0.4 is 64.4 Å². The summed E-state index contributed by atoms with van der Waals surface area (Å²) in [6.45, 7) is 0.888. The molecule has 0 aliphatic carbocycles. The van der Waals surface area contributed by atoms with Crippen LogP contribution in [0, 0.1) is 0 Å². The Morgan fingerprint density at radius 3 is 2.25 bits per heavy atom. The van der Waals surface area contributed by atoms with Crippen LogP contribution in [0.15, 0.2) is 0 Å². The first-order valence-corrected chi connectivity index (χ1v) is 2.16. The minimum atomic E-state index is 0. The minimum absolute atomic E-state index is 0. The van der Waals surface area contributed by atoms with E-state index in [1.807, 2.05) is 0 Å². The zero-order valence-electron chi connectivity index (χ0n) is 7.53. The van der Waals surface area contributed by atoms with E-state index in [9.17, 15) is 4.79 Å². The van der Waals surface area contributed by atoms with E-state index in [0.717, 1.165) is 19.4 Å². The quantitative estimate of drug-likeness (QED) is 0.328. The molecule has 8 heavy (non-hydrogen) atoms. The van der Waals surface area contributed by atoms with Crippen LogP contribution in [0.4, 0.5) is 0 Å². The fourth-order valence-corrected chi connectivity index (χ4v) is 0.565. The van der Waals surface area contributed by atoms with Crippen LogP contribution in [0.1, 0.15) is 15.7 Å². The van der Waals surface area contributed by atoms with Crippen LogP contribution in [0.2, 0.25) is 0 Å². The van der Waals surface area contributed by atoms with Crippen LogP contribution in [0.5, 0.6) is 0 Å². The van der Waals surface area contributed by atoms with Crippen molar-refractivity contribution in [1.29, 1.82) is 0 Å². The van der Waals surface area contributed by atoms with E-state index in [-0.39, 0.29) is 67.9 Å². The maximum Gasteiger partial charge on any atom is 1.00 e. The predicted octanol–water partition coefficient (Wildman–Crippen LogP) is -5.87. The van der Waals surface area contributed by atoms with E-state index >= 15 is 0 Å². The topological polar surface area (TPSA) is 29.1 Å². The summed E-state index contributed by atoms with van der Waals surface area (Å²) in [6.07, 6.45) is 1.76. The summed E-state index contributed by atoms with van der Waals surface area (Å²) in [7, 11) is 0. The van der Waals surface area contributed by atoms with Gasteiger partial charge in [0.05, 0.1) is 0 Å². The maximum atomic E-state index is 10.1. The molecule has 0 aromatic rings. The zero-order chi connectivity index (χ0) is 4.41. The van der Waals surface area contributed by atoms with Crippen LogP contribution in [0.3, 0.4) is 0 Å². The molecule has 1 amide bonds. The first-order valence-electron chi connectivity index (χ1n) is 2.16. The number of hydrogen-bond donors (Lipinski definition) is 1. The molecule has 0 spiro atoms. The largest absolute Gasteiger partial charge is 1.00 e. The molecule has 1 fully saturated rings. The monoisotopic (exact) mass is 133 g/mol. The third kappa shape index (κ3) is 4.36. The second-order valence-electron chi connectivity index (χ2n) is 1.45. The van der Waals surface area contributed by atoms with Crippen LogP contribution >= 0.6 is 0 Å².